The monoisotopic (exact) mass is 273 g/mol. The summed E-state index contributed by atoms with van der Waals surface area (Å²) >= 11 is 0. The molecule has 20 heavy (non-hydrogen) atoms. The first-order chi connectivity index (χ1) is 9.77. The molecule has 2 saturated carbocycles. The van der Waals surface area contributed by atoms with Gasteiger partial charge in [0.25, 0.3) is 0 Å². The van der Waals surface area contributed by atoms with Gasteiger partial charge in [-0.3, -0.25) is 0 Å². The van der Waals surface area contributed by atoms with Crippen LogP contribution in [0.5, 0.6) is 0 Å². The number of hydrogen-bond acceptors (Lipinski definition) is 2. The van der Waals surface area contributed by atoms with E-state index in [2.05, 4.69) is 35.6 Å². The van der Waals surface area contributed by atoms with Gasteiger partial charge in [0.15, 0.2) is 0 Å². The van der Waals surface area contributed by atoms with Gasteiger partial charge >= 0.3 is 0 Å². The first-order valence-electron chi connectivity index (χ1n) is 8.28. The Bertz CT molecular complexity index is 407. The zero-order valence-corrected chi connectivity index (χ0v) is 12.4. The van der Waals surface area contributed by atoms with E-state index in [0.29, 0.717) is 6.04 Å². The molecule has 0 radical (unpaired) electrons. The molecule has 1 atom stereocenters. The highest BCUT2D eigenvalue weighted by molar-refractivity contribution is 5.20. The molecule has 1 aromatic rings. The first kappa shape index (κ1) is 14.1. The minimum Gasteiger partial charge on any atom is -0.389 e. The van der Waals surface area contributed by atoms with E-state index in [4.69, 9.17) is 0 Å². The van der Waals surface area contributed by atoms with Crippen molar-refractivity contribution in [2.75, 3.05) is 6.54 Å². The molecule has 0 saturated heterocycles. The Morgan fingerprint density at radius 3 is 2.35 bits per heavy atom. The van der Waals surface area contributed by atoms with Gasteiger partial charge in [-0.15, -0.1) is 0 Å². The lowest BCUT2D eigenvalue weighted by molar-refractivity contribution is -0.0350. The zero-order chi connectivity index (χ0) is 13.8. The molecule has 2 fully saturated rings. The fourth-order valence-corrected chi connectivity index (χ4v) is 3.75. The van der Waals surface area contributed by atoms with Crippen LogP contribution in [0.4, 0.5) is 0 Å². The summed E-state index contributed by atoms with van der Waals surface area (Å²) < 4.78 is 0. The Kier molecular flexibility index (Phi) is 4.42. The molecule has 110 valence electrons. The molecule has 0 aliphatic heterocycles. The largest absolute Gasteiger partial charge is 0.389 e. The lowest BCUT2D eigenvalue weighted by Gasteiger charge is -2.40. The smallest absolute Gasteiger partial charge is 0.0771 e. The van der Waals surface area contributed by atoms with E-state index in [1.807, 2.05) is 0 Å². The van der Waals surface area contributed by atoms with Crippen LogP contribution < -0.4 is 5.32 Å². The molecule has 2 heteroatoms. The Hall–Kier alpha value is -0.860. The molecular weight excluding hydrogens is 246 g/mol. The molecule has 2 N–H and O–H groups in total. The number of nitrogens with one attached hydrogen (secondary N) is 1. The maximum atomic E-state index is 10.3. The van der Waals surface area contributed by atoms with Gasteiger partial charge in [-0.25, -0.2) is 0 Å². The van der Waals surface area contributed by atoms with Crippen molar-refractivity contribution in [3.05, 3.63) is 35.9 Å². The summed E-state index contributed by atoms with van der Waals surface area (Å²) in [5.41, 5.74) is 0.962. The molecule has 1 unspecified atom stereocenters. The molecule has 0 spiro atoms. The van der Waals surface area contributed by atoms with Gasteiger partial charge in [-0.1, -0.05) is 49.6 Å². The van der Waals surface area contributed by atoms with Crippen molar-refractivity contribution in [1.82, 2.24) is 5.32 Å². The number of hydrogen-bond donors (Lipinski definition) is 2. The van der Waals surface area contributed by atoms with Crippen LogP contribution in [-0.2, 0) is 0 Å². The highest BCUT2D eigenvalue weighted by atomic mass is 16.3. The fraction of sp³-hybridized carbons (Fsp3) is 0.667. The van der Waals surface area contributed by atoms with Crippen LogP contribution in [0.15, 0.2) is 30.3 Å². The molecule has 2 aliphatic rings. The van der Waals surface area contributed by atoms with Gasteiger partial charge in [-0.2, -0.15) is 0 Å². The van der Waals surface area contributed by atoms with Crippen LogP contribution in [-0.4, -0.2) is 17.3 Å². The van der Waals surface area contributed by atoms with Gasteiger partial charge in [0, 0.05) is 12.6 Å². The third kappa shape index (κ3) is 3.24. The molecule has 2 nitrogen and oxygen atoms in total. The second-order valence-corrected chi connectivity index (χ2v) is 6.75. The summed E-state index contributed by atoms with van der Waals surface area (Å²) in [6.07, 6.45) is 9.87. The lowest BCUT2D eigenvalue weighted by atomic mass is 9.78. The predicted octanol–water partition coefficient (Wildman–Crippen LogP) is 3.81. The van der Waals surface area contributed by atoms with E-state index < -0.39 is 5.60 Å². The standard InChI is InChI=1S/C18H27NO/c20-18(12-7-13-18)14-19-17(15-8-3-1-4-9-15)16-10-5-2-6-11-16/h1,3-4,8-9,16-17,19-20H,2,5-7,10-14H2. The van der Waals surface area contributed by atoms with Crippen molar-refractivity contribution >= 4 is 0 Å². The average Bonchev–Trinajstić information content (AvgIpc) is 2.48. The van der Waals surface area contributed by atoms with Crippen LogP contribution in [0.3, 0.4) is 0 Å². The molecule has 2 aliphatic carbocycles. The van der Waals surface area contributed by atoms with Crippen molar-refractivity contribution in [3.63, 3.8) is 0 Å². The average molecular weight is 273 g/mol. The summed E-state index contributed by atoms with van der Waals surface area (Å²) in [6.45, 7) is 0.753. The van der Waals surface area contributed by atoms with E-state index in [1.54, 1.807) is 0 Å². The SMILES string of the molecule is OC1(CNC(c2ccccc2)C2CCCCC2)CCC1. The van der Waals surface area contributed by atoms with Crippen LogP contribution in [0, 0.1) is 5.92 Å². The van der Waals surface area contributed by atoms with Crippen LogP contribution in [0.1, 0.15) is 63.0 Å². The van der Waals surface area contributed by atoms with Crippen LogP contribution in [0.2, 0.25) is 0 Å². The summed E-state index contributed by atoms with van der Waals surface area (Å²) in [5, 5.41) is 14.0. The normalized spacial score (nSPS) is 24.1. The highest BCUT2D eigenvalue weighted by Gasteiger charge is 2.35. The van der Waals surface area contributed by atoms with Crippen LogP contribution in [0.25, 0.3) is 0 Å². The van der Waals surface area contributed by atoms with Gasteiger partial charge in [0.1, 0.15) is 0 Å². The van der Waals surface area contributed by atoms with E-state index in [0.717, 1.165) is 25.3 Å². The van der Waals surface area contributed by atoms with E-state index in [9.17, 15) is 5.11 Å². The Labute approximate surface area is 122 Å². The maximum Gasteiger partial charge on any atom is 0.0771 e. The van der Waals surface area contributed by atoms with E-state index in [-0.39, 0.29) is 0 Å². The third-order valence-electron chi connectivity index (χ3n) is 5.22. The molecule has 1 aromatic carbocycles. The molecule has 3 rings (SSSR count). The van der Waals surface area contributed by atoms with Gasteiger partial charge in [0.05, 0.1) is 5.60 Å². The maximum absolute atomic E-state index is 10.3. The molecule has 0 bridgehead atoms. The number of aliphatic hydroxyl groups is 1. The Balaban J connectivity index is 1.69. The van der Waals surface area contributed by atoms with Gasteiger partial charge in [0.2, 0.25) is 0 Å². The third-order valence-corrected chi connectivity index (χ3v) is 5.22. The molecular formula is C18H27NO. The zero-order valence-electron chi connectivity index (χ0n) is 12.4. The minimum absolute atomic E-state index is 0.418. The molecule has 0 amide bonds. The summed E-state index contributed by atoms with van der Waals surface area (Å²) in [6, 6.07) is 11.2. The van der Waals surface area contributed by atoms with Crippen molar-refractivity contribution in [1.29, 1.82) is 0 Å². The summed E-state index contributed by atoms with van der Waals surface area (Å²) in [5.74, 6) is 0.731. The molecule has 0 heterocycles. The van der Waals surface area contributed by atoms with E-state index in [1.165, 1.54) is 44.1 Å². The second kappa shape index (κ2) is 6.28. The Morgan fingerprint density at radius 1 is 1.05 bits per heavy atom. The van der Waals surface area contributed by atoms with Crippen molar-refractivity contribution in [3.8, 4) is 0 Å². The Morgan fingerprint density at radius 2 is 1.75 bits per heavy atom. The van der Waals surface area contributed by atoms with E-state index >= 15 is 0 Å². The molecule has 0 aromatic heterocycles. The van der Waals surface area contributed by atoms with Gasteiger partial charge < -0.3 is 10.4 Å². The highest BCUT2D eigenvalue weighted by Crippen LogP contribution is 2.36. The fourth-order valence-electron chi connectivity index (χ4n) is 3.75. The minimum atomic E-state index is -0.429. The van der Waals surface area contributed by atoms with Crippen LogP contribution >= 0.6 is 0 Å². The summed E-state index contributed by atoms with van der Waals surface area (Å²) in [7, 11) is 0. The lowest BCUT2D eigenvalue weighted by Crippen LogP contribution is -2.48. The second-order valence-electron chi connectivity index (χ2n) is 6.75. The number of benzene rings is 1. The first-order valence-corrected chi connectivity index (χ1v) is 8.28. The van der Waals surface area contributed by atoms with Crippen molar-refractivity contribution < 1.29 is 5.11 Å². The predicted molar refractivity (Wildman–Crippen MR) is 82.6 cm³/mol. The quantitative estimate of drug-likeness (QED) is 0.855. The van der Waals surface area contributed by atoms with Gasteiger partial charge in [-0.05, 0) is 43.6 Å². The van der Waals surface area contributed by atoms with Crippen molar-refractivity contribution in [2.24, 2.45) is 5.92 Å². The van der Waals surface area contributed by atoms with Crippen molar-refractivity contribution in [2.45, 2.75) is 63.0 Å². The summed E-state index contributed by atoms with van der Waals surface area (Å²) in [4.78, 5) is 0. The topological polar surface area (TPSA) is 32.3 Å². The number of rotatable bonds is 5.